The lowest BCUT2D eigenvalue weighted by Gasteiger charge is -2.34. The number of likely N-dealkylation sites (tertiary alicyclic amines) is 1. The summed E-state index contributed by atoms with van der Waals surface area (Å²) in [5.74, 6) is 1.28. The number of nitrogens with one attached hydrogen (secondary N) is 2. The molecule has 5 rings (SSSR count). The second-order valence-corrected chi connectivity index (χ2v) is 9.09. The molecule has 0 spiro atoms. The van der Waals surface area contributed by atoms with E-state index in [1.165, 1.54) is 5.56 Å². The molecule has 0 atom stereocenters. The van der Waals surface area contributed by atoms with Crippen LogP contribution in [0.5, 0.6) is 0 Å². The molecule has 0 saturated carbocycles. The molecule has 1 aromatic carbocycles. The highest BCUT2D eigenvalue weighted by atomic mass is 15.1. The number of rotatable bonds is 5. The van der Waals surface area contributed by atoms with E-state index in [9.17, 15) is 5.26 Å². The Hall–Kier alpha value is -4.37. The molecule has 2 aliphatic heterocycles. The summed E-state index contributed by atoms with van der Waals surface area (Å²) in [6.07, 6.45) is 9.44. The van der Waals surface area contributed by atoms with Gasteiger partial charge in [-0.1, -0.05) is 25.3 Å². The number of nitriles is 1. The molecule has 2 N–H and O–H groups in total. The molecule has 0 bridgehead atoms. The van der Waals surface area contributed by atoms with Crippen molar-refractivity contribution in [2.45, 2.75) is 25.7 Å². The van der Waals surface area contributed by atoms with Crippen molar-refractivity contribution >= 4 is 23.3 Å². The van der Waals surface area contributed by atoms with Crippen LogP contribution >= 0.6 is 0 Å². The number of fused-ring (bicyclic) bond motifs is 1. The molecule has 0 radical (unpaired) electrons. The Morgan fingerprint density at radius 2 is 1.94 bits per heavy atom. The van der Waals surface area contributed by atoms with E-state index in [0.29, 0.717) is 17.3 Å². The second-order valence-electron chi connectivity index (χ2n) is 9.09. The Kier molecular flexibility index (Phi) is 6.07. The second kappa shape index (κ2) is 9.47. The maximum atomic E-state index is 9.28. The smallest absolute Gasteiger partial charge is 0.141 e. The van der Waals surface area contributed by atoms with Gasteiger partial charge in [0, 0.05) is 59.9 Å². The number of hydrogen-bond donors (Lipinski definition) is 2. The molecule has 4 heterocycles. The van der Waals surface area contributed by atoms with Gasteiger partial charge in [0.1, 0.15) is 11.9 Å². The Morgan fingerprint density at radius 3 is 2.66 bits per heavy atom. The molecule has 174 valence electrons. The molecular weight excluding hydrogens is 432 g/mol. The average molecular weight is 461 g/mol. The van der Waals surface area contributed by atoms with Crippen LogP contribution in [0.15, 0.2) is 73.8 Å². The number of nitrogens with zero attached hydrogens (tertiary/aromatic N) is 4. The lowest BCUT2D eigenvalue weighted by molar-refractivity contribution is 0.264. The Bertz CT molecular complexity index is 1350. The summed E-state index contributed by atoms with van der Waals surface area (Å²) < 4.78 is 0. The lowest BCUT2D eigenvalue weighted by atomic mass is 9.89. The third kappa shape index (κ3) is 4.67. The van der Waals surface area contributed by atoms with Crippen molar-refractivity contribution in [3.63, 3.8) is 0 Å². The molecule has 2 aliphatic rings. The van der Waals surface area contributed by atoms with Crippen LogP contribution in [0.4, 0.5) is 11.5 Å². The molecule has 35 heavy (non-hydrogen) atoms. The first kappa shape index (κ1) is 22.4. The van der Waals surface area contributed by atoms with Crippen molar-refractivity contribution in [3.05, 3.63) is 96.1 Å². The number of hydrogen-bond acceptors (Lipinski definition) is 6. The van der Waals surface area contributed by atoms with Crippen LogP contribution in [-0.2, 0) is 0 Å². The first-order valence-electron chi connectivity index (χ1n) is 11.8. The highest BCUT2D eigenvalue weighted by Gasteiger charge is 2.21. The topological polar surface area (TPSA) is 76.9 Å². The van der Waals surface area contributed by atoms with Gasteiger partial charge in [-0.2, -0.15) is 5.26 Å². The molecular formula is C29H28N6. The molecule has 0 unspecified atom stereocenters. The van der Waals surface area contributed by atoms with Gasteiger partial charge in [0.05, 0.1) is 11.3 Å². The number of benzene rings is 1. The Morgan fingerprint density at radius 1 is 1.17 bits per heavy atom. The largest absolute Gasteiger partial charge is 0.375 e. The monoisotopic (exact) mass is 460 g/mol. The minimum atomic E-state index is 0.503. The SMILES string of the molecule is C=C1NC=Cc2cc(-c3cncc(C#N)c3)nc(Nc3ccc(C4CCN(C(=C)C)CC4)cc3)c21. The van der Waals surface area contributed by atoms with E-state index in [2.05, 4.69) is 70.9 Å². The molecule has 3 aromatic rings. The van der Waals surface area contributed by atoms with Gasteiger partial charge < -0.3 is 15.5 Å². The number of anilines is 2. The number of piperidine rings is 1. The van der Waals surface area contributed by atoms with E-state index in [1.807, 2.05) is 18.3 Å². The zero-order chi connectivity index (χ0) is 24.4. The van der Waals surface area contributed by atoms with Gasteiger partial charge in [-0.05, 0) is 67.2 Å². The van der Waals surface area contributed by atoms with E-state index in [-0.39, 0.29) is 0 Å². The van der Waals surface area contributed by atoms with Gasteiger partial charge >= 0.3 is 0 Å². The van der Waals surface area contributed by atoms with Crippen LogP contribution in [0.25, 0.3) is 23.0 Å². The third-order valence-corrected chi connectivity index (χ3v) is 6.71. The van der Waals surface area contributed by atoms with Crippen molar-refractivity contribution in [3.8, 4) is 17.3 Å². The van der Waals surface area contributed by atoms with Crippen LogP contribution in [0.1, 0.15) is 47.9 Å². The summed E-state index contributed by atoms with van der Waals surface area (Å²) in [7, 11) is 0. The molecule has 6 nitrogen and oxygen atoms in total. The van der Waals surface area contributed by atoms with Gasteiger partial charge in [0.15, 0.2) is 0 Å². The van der Waals surface area contributed by atoms with Crippen LogP contribution in [-0.4, -0.2) is 28.0 Å². The molecule has 1 fully saturated rings. The Balaban J connectivity index is 1.42. The first-order chi connectivity index (χ1) is 17.0. The van der Waals surface area contributed by atoms with Crippen LogP contribution < -0.4 is 10.6 Å². The minimum absolute atomic E-state index is 0.503. The Labute approximate surface area is 206 Å². The quantitative estimate of drug-likeness (QED) is 0.485. The summed E-state index contributed by atoms with van der Waals surface area (Å²) in [4.78, 5) is 11.5. The van der Waals surface area contributed by atoms with E-state index in [4.69, 9.17) is 4.98 Å². The summed E-state index contributed by atoms with van der Waals surface area (Å²) in [6, 6.07) is 14.6. The summed E-state index contributed by atoms with van der Waals surface area (Å²) in [6.45, 7) is 12.5. The maximum Gasteiger partial charge on any atom is 0.141 e. The van der Waals surface area contributed by atoms with Crippen molar-refractivity contribution in [2.75, 3.05) is 18.4 Å². The van der Waals surface area contributed by atoms with Gasteiger partial charge in [0.2, 0.25) is 0 Å². The fourth-order valence-corrected chi connectivity index (χ4v) is 4.77. The van der Waals surface area contributed by atoms with Crippen LogP contribution in [0.3, 0.4) is 0 Å². The van der Waals surface area contributed by atoms with Crippen LogP contribution in [0, 0.1) is 11.3 Å². The molecule has 1 saturated heterocycles. The average Bonchev–Trinajstić information content (AvgIpc) is 2.89. The standard InChI is InChI=1S/C29H28N6/c1-19(2)35-12-9-23(10-13-35)22-4-6-26(7-5-22)33-29-28-20(3)32-11-8-24(28)15-27(34-29)25-14-21(16-30)17-31-18-25/h4-8,11,14-15,17-18,23,32H,1,3,9-10,12-13H2,2H3,(H,33,34). The van der Waals surface area contributed by atoms with E-state index in [1.54, 1.807) is 18.5 Å². The third-order valence-electron chi connectivity index (χ3n) is 6.71. The predicted molar refractivity (Wildman–Crippen MR) is 141 cm³/mol. The van der Waals surface area contributed by atoms with Gasteiger partial charge in [-0.15, -0.1) is 0 Å². The number of allylic oxidation sites excluding steroid dienone is 1. The first-order valence-corrected chi connectivity index (χ1v) is 11.8. The zero-order valence-corrected chi connectivity index (χ0v) is 19.9. The lowest BCUT2D eigenvalue weighted by Crippen LogP contribution is -2.31. The maximum absolute atomic E-state index is 9.28. The zero-order valence-electron chi connectivity index (χ0n) is 19.9. The van der Waals surface area contributed by atoms with Gasteiger partial charge in [-0.25, -0.2) is 4.98 Å². The number of pyridine rings is 2. The molecule has 0 amide bonds. The molecule has 0 aliphatic carbocycles. The highest BCUT2D eigenvalue weighted by Crippen LogP contribution is 2.35. The van der Waals surface area contributed by atoms with E-state index >= 15 is 0 Å². The summed E-state index contributed by atoms with van der Waals surface area (Å²) in [5, 5.41) is 16.0. The van der Waals surface area contributed by atoms with E-state index < -0.39 is 0 Å². The molecule has 6 heteroatoms. The van der Waals surface area contributed by atoms with Gasteiger partial charge in [0.25, 0.3) is 0 Å². The van der Waals surface area contributed by atoms with Crippen molar-refractivity contribution < 1.29 is 0 Å². The number of aromatic nitrogens is 2. The fourth-order valence-electron chi connectivity index (χ4n) is 4.77. The fraction of sp³-hybridized carbons (Fsp3) is 0.207. The summed E-state index contributed by atoms with van der Waals surface area (Å²) in [5.41, 5.74) is 8.25. The predicted octanol–water partition coefficient (Wildman–Crippen LogP) is 6.02. The van der Waals surface area contributed by atoms with Crippen LogP contribution in [0.2, 0.25) is 0 Å². The normalized spacial score (nSPS) is 15.2. The summed E-state index contributed by atoms with van der Waals surface area (Å²) >= 11 is 0. The minimum Gasteiger partial charge on any atom is -0.375 e. The highest BCUT2D eigenvalue weighted by molar-refractivity contribution is 5.86. The van der Waals surface area contributed by atoms with Crippen molar-refractivity contribution in [2.24, 2.45) is 0 Å². The van der Waals surface area contributed by atoms with Gasteiger partial charge in [-0.3, -0.25) is 4.98 Å². The van der Waals surface area contributed by atoms with E-state index in [0.717, 1.165) is 65.4 Å². The van der Waals surface area contributed by atoms with Crippen molar-refractivity contribution in [1.82, 2.24) is 20.2 Å². The van der Waals surface area contributed by atoms with Crippen molar-refractivity contribution in [1.29, 1.82) is 5.26 Å². The molecule has 2 aromatic heterocycles.